The highest BCUT2D eigenvalue weighted by molar-refractivity contribution is 6.30. The van der Waals surface area contributed by atoms with Gasteiger partial charge in [-0.2, -0.15) is 5.10 Å². The van der Waals surface area contributed by atoms with Gasteiger partial charge < -0.3 is 0 Å². The summed E-state index contributed by atoms with van der Waals surface area (Å²) in [5.41, 5.74) is 8.07. The molecule has 8 heteroatoms. The second-order valence-electron chi connectivity index (χ2n) is 6.69. The number of hydrazine groups is 1. The lowest BCUT2D eigenvalue weighted by molar-refractivity contribution is 0.0847. The summed E-state index contributed by atoms with van der Waals surface area (Å²) in [4.78, 5) is 29.7. The van der Waals surface area contributed by atoms with E-state index in [2.05, 4.69) is 20.9 Å². The molecule has 0 radical (unpaired) electrons. The van der Waals surface area contributed by atoms with E-state index in [9.17, 15) is 9.59 Å². The summed E-state index contributed by atoms with van der Waals surface area (Å²) >= 11 is 5.83. The van der Waals surface area contributed by atoms with Crippen LogP contribution in [0.1, 0.15) is 50.9 Å². The second kappa shape index (κ2) is 6.66. The zero-order chi connectivity index (χ0) is 19.1. The van der Waals surface area contributed by atoms with Gasteiger partial charge in [0.05, 0.1) is 16.6 Å². The molecule has 2 N–H and O–H groups in total. The van der Waals surface area contributed by atoms with E-state index in [0.717, 1.165) is 24.2 Å². The molecule has 0 aliphatic heterocycles. The number of fused-ring (bicyclic) bond motifs is 1. The maximum atomic E-state index is 12.8. The fraction of sp³-hybridized carbons (Fsp3) is 0.263. The van der Waals surface area contributed by atoms with Gasteiger partial charge in [0.25, 0.3) is 11.8 Å². The van der Waals surface area contributed by atoms with Crippen molar-refractivity contribution >= 4 is 34.4 Å². The predicted molar refractivity (Wildman–Crippen MR) is 102 cm³/mol. The Balaban J connectivity index is 1.60. The monoisotopic (exact) mass is 383 g/mol. The largest absolute Gasteiger partial charge is 0.270 e. The number of halogens is 1. The molecule has 2 amide bonds. The number of benzene rings is 1. The summed E-state index contributed by atoms with van der Waals surface area (Å²) in [5, 5.41) is 5.61. The van der Waals surface area contributed by atoms with Crippen LogP contribution >= 0.6 is 11.6 Å². The van der Waals surface area contributed by atoms with Crippen LogP contribution in [0.15, 0.2) is 30.3 Å². The van der Waals surface area contributed by atoms with Crippen LogP contribution in [0, 0.1) is 6.92 Å². The molecule has 1 saturated carbocycles. The van der Waals surface area contributed by atoms with Crippen molar-refractivity contribution in [2.24, 2.45) is 7.05 Å². The molecule has 1 aliphatic rings. The zero-order valence-corrected chi connectivity index (χ0v) is 15.7. The summed E-state index contributed by atoms with van der Waals surface area (Å²) < 4.78 is 1.68. The minimum atomic E-state index is -0.421. The number of amides is 2. The van der Waals surface area contributed by atoms with Crippen LogP contribution in [0.5, 0.6) is 0 Å². The molecule has 7 nitrogen and oxygen atoms in total. The molecule has 0 spiro atoms. The molecule has 138 valence electrons. The molecule has 1 fully saturated rings. The van der Waals surface area contributed by atoms with Crippen LogP contribution < -0.4 is 10.9 Å². The van der Waals surface area contributed by atoms with E-state index in [0.29, 0.717) is 33.1 Å². The van der Waals surface area contributed by atoms with Crippen molar-refractivity contribution in [2.45, 2.75) is 25.7 Å². The first kappa shape index (κ1) is 17.5. The minimum absolute atomic E-state index is 0.389. The summed E-state index contributed by atoms with van der Waals surface area (Å²) in [7, 11) is 1.81. The molecule has 2 heterocycles. The molecule has 27 heavy (non-hydrogen) atoms. The van der Waals surface area contributed by atoms with E-state index in [4.69, 9.17) is 11.6 Å². The Labute approximate surface area is 160 Å². The number of rotatable bonds is 3. The fourth-order valence-corrected chi connectivity index (χ4v) is 3.21. The highest BCUT2D eigenvalue weighted by atomic mass is 35.5. The van der Waals surface area contributed by atoms with Gasteiger partial charge in [-0.15, -0.1) is 0 Å². The fourth-order valence-electron chi connectivity index (χ4n) is 3.09. The molecular weight excluding hydrogens is 366 g/mol. The van der Waals surface area contributed by atoms with Gasteiger partial charge >= 0.3 is 0 Å². The number of pyridine rings is 1. The molecule has 3 aromatic rings. The average Bonchev–Trinajstić information content (AvgIpc) is 3.46. The zero-order valence-electron chi connectivity index (χ0n) is 14.9. The Kier molecular flexibility index (Phi) is 4.31. The molecule has 1 aromatic carbocycles. The third-order valence-electron chi connectivity index (χ3n) is 4.62. The van der Waals surface area contributed by atoms with Gasteiger partial charge in [0.15, 0.2) is 5.65 Å². The number of nitrogens with zero attached hydrogens (tertiary/aromatic N) is 3. The Morgan fingerprint density at radius 2 is 1.81 bits per heavy atom. The van der Waals surface area contributed by atoms with Gasteiger partial charge in [-0.3, -0.25) is 25.1 Å². The molecule has 0 atom stereocenters. The summed E-state index contributed by atoms with van der Waals surface area (Å²) in [6.45, 7) is 1.84. The quantitative estimate of drug-likeness (QED) is 0.680. The summed E-state index contributed by atoms with van der Waals surface area (Å²) in [6.07, 6.45) is 2.15. The maximum absolute atomic E-state index is 12.8. The lowest BCUT2D eigenvalue weighted by Gasteiger charge is -2.10. The predicted octanol–water partition coefficient (Wildman–Crippen LogP) is 2.88. The third-order valence-corrected chi connectivity index (χ3v) is 4.88. The lowest BCUT2D eigenvalue weighted by Crippen LogP contribution is -2.41. The van der Waals surface area contributed by atoms with Crippen LogP contribution in [0.25, 0.3) is 11.0 Å². The van der Waals surface area contributed by atoms with Crippen LogP contribution in [0.4, 0.5) is 0 Å². The van der Waals surface area contributed by atoms with Gasteiger partial charge in [0.2, 0.25) is 0 Å². The number of carbonyl (C=O) groups is 2. The van der Waals surface area contributed by atoms with E-state index in [1.807, 2.05) is 14.0 Å². The van der Waals surface area contributed by atoms with Crippen molar-refractivity contribution in [3.05, 3.63) is 57.9 Å². The van der Waals surface area contributed by atoms with Crippen LogP contribution in [0.2, 0.25) is 5.02 Å². The van der Waals surface area contributed by atoms with Crippen LogP contribution in [-0.2, 0) is 7.05 Å². The highest BCUT2D eigenvalue weighted by Gasteiger charge is 2.28. The van der Waals surface area contributed by atoms with E-state index in [-0.39, 0.29) is 0 Å². The van der Waals surface area contributed by atoms with Crippen LogP contribution in [-0.4, -0.2) is 26.6 Å². The number of nitrogens with one attached hydrogen (secondary N) is 2. The lowest BCUT2D eigenvalue weighted by atomic mass is 10.1. The maximum Gasteiger partial charge on any atom is 0.270 e. The molecule has 0 unspecified atom stereocenters. The van der Waals surface area contributed by atoms with Gasteiger partial charge in [0, 0.05) is 29.2 Å². The Bertz CT molecular complexity index is 1050. The van der Waals surface area contributed by atoms with Crippen molar-refractivity contribution in [1.29, 1.82) is 0 Å². The van der Waals surface area contributed by atoms with E-state index >= 15 is 0 Å². The van der Waals surface area contributed by atoms with Crippen molar-refractivity contribution in [1.82, 2.24) is 25.6 Å². The third kappa shape index (κ3) is 3.38. The molecule has 0 bridgehead atoms. The van der Waals surface area contributed by atoms with Crippen molar-refractivity contribution in [3.8, 4) is 0 Å². The van der Waals surface area contributed by atoms with E-state index in [1.54, 1.807) is 35.0 Å². The SMILES string of the molecule is Cc1nn(C)c2nc(C3CC3)cc(C(=O)NNC(=O)c3ccc(Cl)cc3)c12. The van der Waals surface area contributed by atoms with Gasteiger partial charge in [-0.1, -0.05) is 11.6 Å². The summed E-state index contributed by atoms with van der Waals surface area (Å²) in [5.74, 6) is -0.432. The Morgan fingerprint density at radius 1 is 1.15 bits per heavy atom. The van der Waals surface area contributed by atoms with E-state index < -0.39 is 11.8 Å². The summed E-state index contributed by atoms with van der Waals surface area (Å²) in [6, 6.07) is 8.21. The van der Waals surface area contributed by atoms with Crippen molar-refractivity contribution in [2.75, 3.05) is 0 Å². The average molecular weight is 384 g/mol. The highest BCUT2D eigenvalue weighted by Crippen LogP contribution is 2.40. The molecular formula is C19H18ClN5O2. The van der Waals surface area contributed by atoms with E-state index in [1.165, 1.54) is 0 Å². The van der Waals surface area contributed by atoms with Gasteiger partial charge in [-0.05, 0) is 50.1 Å². The number of hydrogen-bond acceptors (Lipinski definition) is 4. The minimum Gasteiger partial charge on any atom is -0.267 e. The Hall–Kier alpha value is -2.93. The molecule has 0 saturated heterocycles. The normalized spacial score (nSPS) is 13.6. The van der Waals surface area contributed by atoms with Crippen molar-refractivity contribution < 1.29 is 9.59 Å². The first-order chi connectivity index (χ1) is 12.9. The first-order valence-electron chi connectivity index (χ1n) is 8.64. The van der Waals surface area contributed by atoms with Crippen molar-refractivity contribution in [3.63, 3.8) is 0 Å². The first-order valence-corrected chi connectivity index (χ1v) is 9.02. The number of aromatic nitrogens is 3. The number of carbonyl (C=O) groups excluding carboxylic acids is 2. The molecule has 1 aliphatic carbocycles. The molecule has 4 rings (SSSR count). The smallest absolute Gasteiger partial charge is 0.267 e. The standard InChI is InChI=1S/C19H18ClN5O2/c1-10-16-14(9-15(11-3-4-11)21-17(16)25(2)24-10)19(27)23-22-18(26)12-5-7-13(20)8-6-12/h5-9,11H,3-4H2,1-2H3,(H,22,26)(H,23,27). The number of hydrogen-bond donors (Lipinski definition) is 2. The van der Waals surface area contributed by atoms with Gasteiger partial charge in [0.1, 0.15) is 0 Å². The number of aryl methyl sites for hydroxylation is 2. The molecule has 2 aromatic heterocycles. The second-order valence-corrected chi connectivity index (χ2v) is 7.13. The topological polar surface area (TPSA) is 88.9 Å². The van der Waals surface area contributed by atoms with Crippen LogP contribution in [0.3, 0.4) is 0 Å². The van der Waals surface area contributed by atoms with Gasteiger partial charge in [-0.25, -0.2) is 4.98 Å². The Morgan fingerprint density at radius 3 is 2.48 bits per heavy atom.